The SMILES string of the molecule is CC/C(N)=C(\OC)OI. The monoisotopic (exact) mass is 243 g/mol. The number of methoxy groups -OCH3 is 1. The molecule has 0 unspecified atom stereocenters. The van der Waals surface area contributed by atoms with Crippen LogP contribution in [0.2, 0.25) is 0 Å². The molecule has 0 aromatic heterocycles. The Morgan fingerprint density at radius 3 is 2.33 bits per heavy atom. The van der Waals surface area contributed by atoms with Crippen molar-refractivity contribution in [3.05, 3.63) is 11.6 Å². The van der Waals surface area contributed by atoms with E-state index in [2.05, 4.69) is 0 Å². The minimum Gasteiger partial charge on any atom is -0.467 e. The second kappa shape index (κ2) is 4.72. The van der Waals surface area contributed by atoms with Crippen LogP contribution in [0.25, 0.3) is 0 Å². The number of nitrogens with two attached hydrogens (primary N) is 1. The van der Waals surface area contributed by atoms with Crippen LogP contribution in [0.1, 0.15) is 13.3 Å². The Bertz CT molecular complexity index is 108. The fourth-order valence-electron chi connectivity index (χ4n) is 0.356. The molecule has 0 aliphatic rings. The summed E-state index contributed by atoms with van der Waals surface area (Å²) in [6, 6.07) is 0. The van der Waals surface area contributed by atoms with Gasteiger partial charge in [0, 0.05) is 0 Å². The van der Waals surface area contributed by atoms with Gasteiger partial charge in [0.15, 0.2) is 23.0 Å². The molecule has 0 aromatic rings. The summed E-state index contributed by atoms with van der Waals surface area (Å²) in [5, 5.41) is 0. The molecule has 0 heterocycles. The van der Waals surface area contributed by atoms with Crippen LogP contribution in [0.15, 0.2) is 11.6 Å². The minimum absolute atomic E-state index is 0.401. The van der Waals surface area contributed by atoms with Crippen molar-refractivity contribution in [2.45, 2.75) is 13.3 Å². The molecule has 2 N–H and O–H groups in total. The molecule has 0 bridgehead atoms. The third-order valence-corrected chi connectivity index (χ3v) is 1.30. The van der Waals surface area contributed by atoms with Crippen LogP contribution in [0, 0.1) is 0 Å². The van der Waals surface area contributed by atoms with E-state index in [4.69, 9.17) is 13.5 Å². The summed E-state index contributed by atoms with van der Waals surface area (Å²) in [7, 11) is 1.52. The number of rotatable bonds is 3. The molecule has 0 aliphatic carbocycles. The minimum atomic E-state index is 0.401. The largest absolute Gasteiger partial charge is 0.467 e. The van der Waals surface area contributed by atoms with Crippen LogP contribution >= 0.6 is 23.0 Å². The zero-order valence-corrected chi connectivity index (χ0v) is 7.64. The molecule has 0 saturated carbocycles. The Labute approximate surface area is 68.9 Å². The predicted molar refractivity (Wildman–Crippen MR) is 43.6 cm³/mol. The Morgan fingerprint density at radius 1 is 1.67 bits per heavy atom. The Balaban J connectivity index is 4.01. The van der Waals surface area contributed by atoms with Gasteiger partial charge >= 0.3 is 5.95 Å². The van der Waals surface area contributed by atoms with Gasteiger partial charge in [-0.3, -0.25) is 0 Å². The van der Waals surface area contributed by atoms with E-state index in [9.17, 15) is 0 Å². The smallest absolute Gasteiger partial charge is 0.308 e. The van der Waals surface area contributed by atoms with E-state index >= 15 is 0 Å². The molecule has 0 fully saturated rings. The number of ether oxygens (including phenoxy) is 1. The average molecular weight is 243 g/mol. The average Bonchev–Trinajstić information content (AvgIpc) is 1.90. The molecule has 54 valence electrons. The molecule has 0 aliphatic heterocycles. The zero-order valence-electron chi connectivity index (χ0n) is 5.48. The van der Waals surface area contributed by atoms with Crippen LogP contribution < -0.4 is 5.73 Å². The van der Waals surface area contributed by atoms with Gasteiger partial charge in [0.25, 0.3) is 0 Å². The number of hydrogen-bond donors (Lipinski definition) is 1. The quantitative estimate of drug-likeness (QED) is 0.604. The van der Waals surface area contributed by atoms with Crippen molar-refractivity contribution in [2.75, 3.05) is 7.11 Å². The van der Waals surface area contributed by atoms with Gasteiger partial charge in [0.05, 0.1) is 12.8 Å². The molecule has 9 heavy (non-hydrogen) atoms. The first-order valence-electron chi connectivity index (χ1n) is 2.57. The lowest BCUT2D eigenvalue weighted by Crippen LogP contribution is -2.02. The fraction of sp³-hybridized carbons (Fsp3) is 0.600. The third kappa shape index (κ3) is 2.78. The second-order valence-corrected chi connectivity index (χ2v) is 1.89. The van der Waals surface area contributed by atoms with Crippen molar-refractivity contribution in [1.29, 1.82) is 0 Å². The lowest BCUT2D eigenvalue weighted by Gasteiger charge is -2.03. The van der Waals surface area contributed by atoms with Gasteiger partial charge < -0.3 is 13.5 Å². The van der Waals surface area contributed by atoms with Gasteiger partial charge in [-0.1, -0.05) is 6.92 Å². The van der Waals surface area contributed by atoms with E-state index in [1.54, 1.807) is 23.0 Å². The van der Waals surface area contributed by atoms with Crippen molar-refractivity contribution >= 4 is 23.0 Å². The molecule has 0 aromatic carbocycles. The first-order chi connectivity index (χ1) is 4.26. The van der Waals surface area contributed by atoms with Crippen LogP contribution in [0.3, 0.4) is 0 Å². The lowest BCUT2D eigenvalue weighted by molar-refractivity contribution is 0.178. The van der Waals surface area contributed by atoms with Gasteiger partial charge in [-0.05, 0) is 6.42 Å². The maximum atomic E-state index is 5.46. The zero-order chi connectivity index (χ0) is 7.28. The molecule has 4 heteroatoms. The first kappa shape index (κ1) is 8.87. The number of allylic oxidation sites excluding steroid dienone is 1. The molecule has 0 saturated heterocycles. The van der Waals surface area contributed by atoms with Gasteiger partial charge in [0.2, 0.25) is 0 Å². The summed E-state index contributed by atoms with van der Waals surface area (Å²) < 4.78 is 9.53. The summed E-state index contributed by atoms with van der Waals surface area (Å²) in [5.74, 6) is 0.401. The molecular weight excluding hydrogens is 233 g/mol. The van der Waals surface area contributed by atoms with Crippen molar-refractivity contribution in [2.24, 2.45) is 5.73 Å². The third-order valence-electron chi connectivity index (χ3n) is 0.899. The fourth-order valence-corrected chi connectivity index (χ4v) is 0.819. The van der Waals surface area contributed by atoms with Gasteiger partial charge in [0.1, 0.15) is 0 Å². The van der Waals surface area contributed by atoms with Crippen molar-refractivity contribution in [3.63, 3.8) is 0 Å². The van der Waals surface area contributed by atoms with E-state index in [0.29, 0.717) is 11.6 Å². The van der Waals surface area contributed by atoms with Crippen LogP contribution in [0.4, 0.5) is 0 Å². The Morgan fingerprint density at radius 2 is 2.22 bits per heavy atom. The van der Waals surface area contributed by atoms with E-state index in [1.165, 1.54) is 7.11 Å². The maximum absolute atomic E-state index is 5.46. The van der Waals surface area contributed by atoms with E-state index in [0.717, 1.165) is 6.42 Å². The summed E-state index contributed by atoms with van der Waals surface area (Å²) in [4.78, 5) is 0. The molecular formula is C5H10INO2. The van der Waals surface area contributed by atoms with E-state index < -0.39 is 0 Å². The highest BCUT2D eigenvalue weighted by molar-refractivity contribution is 14.1. The first-order valence-corrected chi connectivity index (χ1v) is 3.45. The normalized spacial score (nSPS) is 12.3. The van der Waals surface area contributed by atoms with Crippen LogP contribution in [-0.2, 0) is 7.80 Å². The van der Waals surface area contributed by atoms with Crippen molar-refractivity contribution in [1.82, 2.24) is 0 Å². The molecule has 0 rings (SSSR count). The molecule has 0 spiro atoms. The summed E-state index contributed by atoms with van der Waals surface area (Å²) in [6.07, 6.45) is 0.742. The topological polar surface area (TPSA) is 44.5 Å². The predicted octanol–water partition coefficient (Wildman–Crippen LogP) is 1.54. The lowest BCUT2D eigenvalue weighted by atomic mass is 10.4. The highest BCUT2D eigenvalue weighted by atomic mass is 127. The summed E-state index contributed by atoms with van der Waals surface area (Å²) in [5.41, 5.74) is 6.09. The van der Waals surface area contributed by atoms with E-state index in [-0.39, 0.29) is 0 Å². The maximum Gasteiger partial charge on any atom is 0.308 e. The Kier molecular flexibility index (Phi) is 4.65. The number of hydrogen-bond acceptors (Lipinski definition) is 3. The van der Waals surface area contributed by atoms with Gasteiger partial charge in [-0.2, -0.15) is 0 Å². The standard InChI is InChI=1S/C5H10INO2/c1-3-4(7)5(8-2)9-6/h3,7H2,1-2H3/b5-4-. The summed E-state index contributed by atoms with van der Waals surface area (Å²) in [6.45, 7) is 1.93. The number of halogens is 1. The van der Waals surface area contributed by atoms with E-state index in [1.807, 2.05) is 6.92 Å². The van der Waals surface area contributed by atoms with Crippen LogP contribution in [0.5, 0.6) is 0 Å². The molecule has 0 atom stereocenters. The van der Waals surface area contributed by atoms with Crippen LogP contribution in [-0.4, -0.2) is 7.11 Å². The highest BCUT2D eigenvalue weighted by Gasteiger charge is 1.99. The van der Waals surface area contributed by atoms with Gasteiger partial charge in [-0.15, -0.1) is 0 Å². The van der Waals surface area contributed by atoms with Crippen molar-refractivity contribution < 1.29 is 7.80 Å². The second-order valence-electron chi connectivity index (χ2n) is 1.45. The Hall–Kier alpha value is -0.130. The van der Waals surface area contributed by atoms with Crippen molar-refractivity contribution in [3.8, 4) is 0 Å². The van der Waals surface area contributed by atoms with Gasteiger partial charge in [-0.25, -0.2) is 0 Å². The summed E-state index contributed by atoms with van der Waals surface area (Å²) >= 11 is 1.73. The molecule has 3 nitrogen and oxygen atoms in total. The molecule has 0 radical (unpaired) electrons. The highest BCUT2D eigenvalue weighted by Crippen LogP contribution is 2.08. The molecule has 0 amide bonds.